The van der Waals surface area contributed by atoms with E-state index in [9.17, 15) is 8.42 Å². The number of nitrogens with zero attached hydrogens (tertiary/aromatic N) is 3. The molecule has 0 N–H and O–H groups in total. The number of hydrogen-bond donors (Lipinski definition) is 0. The van der Waals surface area contributed by atoms with E-state index in [0.29, 0.717) is 6.54 Å². The zero-order chi connectivity index (χ0) is 10.7. The van der Waals surface area contributed by atoms with Crippen molar-refractivity contribution in [2.24, 2.45) is 4.99 Å². The van der Waals surface area contributed by atoms with Crippen LogP contribution in [0.2, 0.25) is 0 Å². The second-order valence-electron chi connectivity index (χ2n) is 2.89. The molecule has 0 bridgehead atoms. The van der Waals surface area contributed by atoms with Gasteiger partial charge < -0.3 is 0 Å². The fourth-order valence-corrected chi connectivity index (χ4v) is 2.30. The first kappa shape index (κ1) is 10.0. The molecular formula is C9H9N3O2S+. The predicted octanol–water partition coefficient (Wildman–Crippen LogP) is 0.466. The lowest BCUT2D eigenvalue weighted by atomic mass is 10.5. The molecule has 0 saturated heterocycles. The van der Waals surface area contributed by atoms with E-state index < -0.39 is 10.0 Å². The summed E-state index contributed by atoms with van der Waals surface area (Å²) in [5.74, 6) is 0. The number of sulfonamides is 1. The van der Waals surface area contributed by atoms with Gasteiger partial charge in [0.05, 0.1) is 0 Å². The summed E-state index contributed by atoms with van der Waals surface area (Å²) in [5, 5.41) is 0.0340. The fourth-order valence-electron chi connectivity index (χ4n) is 1.15. The van der Waals surface area contributed by atoms with Crippen molar-refractivity contribution in [3.8, 4) is 0 Å². The van der Waals surface area contributed by atoms with Crippen LogP contribution in [0.1, 0.15) is 0 Å². The molecule has 2 heterocycles. The van der Waals surface area contributed by atoms with Crippen molar-refractivity contribution < 1.29 is 8.42 Å². The first-order valence-electron chi connectivity index (χ1n) is 4.32. The van der Waals surface area contributed by atoms with Gasteiger partial charge in [-0.1, -0.05) is 6.07 Å². The van der Waals surface area contributed by atoms with Gasteiger partial charge in [-0.3, -0.25) is 0 Å². The van der Waals surface area contributed by atoms with Crippen molar-refractivity contribution in [1.29, 1.82) is 0 Å². The van der Waals surface area contributed by atoms with E-state index in [-0.39, 0.29) is 5.03 Å². The molecule has 0 aromatic carbocycles. The maximum Gasteiger partial charge on any atom is 0.395 e. The second kappa shape index (κ2) is 3.92. The van der Waals surface area contributed by atoms with E-state index in [1.807, 2.05) is 0 Å². The van der Waals surface area contributed by atoms with E-state index >= 15 is 0 Å². The molecular weight excluding hydrogens is 214 g/mol. The van der Waals surface area contributed by atoms with Crippen LogP contribution in [0.4, 0.5) is 0 Å². The topological polar surface area (TPSA) is 65.3 Å². The summed E-state index contributed by atoms with van der Waals surface area (Å²) in [6.45, 7) is 0.294. The van der Waals surface area contributed by atoms with Crippen LogP contribution < -0.4 is 4.31 Å². The van der Waals surface area contributed by atoms with Crippen molar-refractivity contribution in [2.75, 3.05) is 6.54 Å². The van der Waals surface area contributed by atoms with Gasteiger partial charge in [-0.15, -0.1) is 0 Å². The Bertz CT molecular complexity index is 493. The SMILES string of the molecule is O=S(=O)(c1ccccn1)[N+]1C=NC=CC1. The Labute approximate surface area is 87.8 Å². The molecule has 0 fully saturated rings. The highest BCUT2D eigenvalue weighted by Crippen LogP contribution is 2.09. The van der Waals surface area contributed by atoms with Gasteiger partial charge in [0, 0.05) is 16.7 Å². The van der Waals surface area contributed by atoms with Crippen molar-refractivity contribution in [1.82, 2.24) is 9.29 Å². The third-order valence-electron chi connectivity index (χ3n) is 1.88. The molecule has 0 saturated carbocycles. The number of rotatable bonds is 2. The van der Waals surface area contributed by atoms with Crippen LogP contribution >= 0.6 is 0 Å². The molecule has 2 rings (SSSR count). The smallest absolute Gasteiger partial charge is 0.240 e. The van der Waals surface area contributed by atoms with Gasteiger partial charge in [-0.25, -0.2) is 9.98 Å². The van der Waals surface area contributed by atoms with Gasteiger partial charge >= 0.3 is 10.0 Å². The lowest BCUT2D eigenvalue weighted by Crippen LogP contribution is -2.37. The minimum Gasteiger partial charge on any atom is -0.240 e. The van der Waals surface area contributed by atoms with Gasteiger partial charge in [0.15, 0.2) is 6.54 Å². The second-order valence-corrected chi connectivity index (χ2v) is 4.73. The zero-order valence-corrected chi connectivity index (χ0v) is 8.63. The molecule has 0 unspecified atom stereocenters. The molecule has 1 radical (unpaired) electrons. The summed E-state index contributed by atoms with van der Waals surface area (Å²) in [6, 6.07) is 4.77. The van der Waals surface area contributed by atoms with Gasteiger partial charge in [-0.05, 0) is 18.2 Å². The lowest BCUT2D eigenvalue weighted by Gasteiger charge is -2.05. The Morgan fingerprint density at radius 1 is 1.33 bits per heavy atom. The highest BCUT2D eigenvalue weighted by atomic mass is 32.2. The number of pyridine rings is 1. The molecule has 0 spiro atoms. The van der Waals surface area contributed by atoms with Crippen LogP contribution in [0.5, 0.6) is 0 Å². The van der Waals surface area contributed by atoms with Crippen LogP contribution in [0.15, 0.2) is 46.7 Å². The Kier molecular flexibility index (Phi) is 2.61. The van der Waals surface area contributed by atoms with E-state index in [1.165, 1.54) is 18.6 Å². The summed E-state index contributed by atoms with van der Waals surface area (Å²) < 4.78 is 25.0. The van der Waals surface area contributed by atoms with Crippen molar-refractivity contribution in [3.63, 3.8) is 0 Å². The number of aliphatic imine (C=N–C) groups is 1. The Morgan fingerprint density at radius 3 is 2.80 bits per heavy atom. The third-order valence-corrected chi connectivity index (χ3v) is 3.51. The standard InChI is InChI=1S/C9H9N3O2S/c13-15(14,9-4-1-2-6-11-9)12-7-3-5-10-8-12/h1-6,8H,7H2/q+1. The Morgan fingerprint density at radius 2 is 2.20 bits per heavy atom. The summed E-state index contributed by atoms with van der Waals surface area (Å²) in [4.78, 5) is 7.57. The molecule has 6 heteroatoms. The van der Waals surface area contributed by atoms with Gasteiger partial charge in [0.25, 0.3) is 6.34 Å². The molecule has 1 aliphatic heterocycles. The lowest BCUT2D eigenvalue weighted by molar-refractivity contribution is 0.568. The minimum absolute atomic E-state index is 0.0340. The van der Waals surface area contributed by atoms with E-state index in [1.54, 1.807) is 24.4 Å². The first-order valence-corrected chi connectivity index (χ1v) is 5.76. The van der Waals surface area contributed by atoms with Crippen molar-refractivity contribution in [3.05, 3.63) is 36.7 Å². The number of aromatic nitrogens is 1. The molecule has 1 aromatic heterocycles. The highest BCUT2D eigenvalue weighted by Gasteiger charge is 2.34. The van der Waals surface area contributed by atoms with Crippen LogP contribution in [0.3, 0.4) is 0 Å². The van der Waals surface area contributed by atoms with Crippen molar-refractivity contribution >= 4 is 16.4 Å². The van der Waals surface area contributed by atoms with E-state index in [2.05, 4.69) is 9.98 Å². The van der Waals surface area contributed by atoms with Crippen LogP contribution in [0, 0.1) is 0 Å². The largest absolute Gasteiger partial charge is 0.395 e. The average molecular weight is 223 g/mol. The van der Waals surface area contributed by atoms with Gasteiger partial charge in [-0.2, -0.15) is 8.42 Å². The third kappa shape index (κ3) is 1.95. The molecule has 1 aliphatic rings. The van der Waals surface area contributed by atoms with E-state index in [4.69, 9.17) is 0 Å². The van der Waals surface area contributed by atoms with Gasteiger partial charge in [0.1, 0.15) is 0 Å². The predicted molar refractivity (Wildman–Crippen MR) is 56.1 cm³/mol. The maximum absolute atomic E-state index is 11.9. The van der Waals surface area contributed by atoms with Crippen LogP contribution in [-0.4, -0.2) is 26.3 Å². The Hall–Kier alpha value is -1.53. The molecule has 0 amide bonds. The maximum atomic E-state index is 11.9. The van der Waals surface area contributed by atoms with Crippen LogP contribution in [-0.2, 0) is 10.0 Å². The molecule has 0 aliphatic carbocycles. The molecule has 15 heavy (non-hydrogen) atoms. The molecule has 0 atom stereocenters. The molecule has 5 nitrogen and oxygen atoms in total. The minimum atomic E-state index is -3.54. The Balaban J connectivity index is 2.36. The fraction of sp³-hybridized carbons (Fsp3) is 0.111. The summed E-state index contributed by atoms with van der Waals surface area (Å²) >= 11 is 0. The summed E-state index contributed by atoms with van der Waals surface area (Å²) in [7, 11) is -3.54. The van der Waals surface area contributed by atoms with Crippen molar-refractivity contribution in [2.45, 2.75) is 5.03 Å². The van der Waals surface area contributed by atoms with Gasteiger partial charge in [0.2, 0.25) is 5.03 Å². The number of hydrogen-bond acceptors (Lipinski definition) is 4. The normalized spacial score (nSPS) is 16.8. The zero-order valence-electron chi connectivity index (χ0n) is 7.81. The quantitative estimate of drug-likeness (QED) is 0.684. The first-order chi connectivity index (χ1) is 7.21. The van der Waals surface area contributed by atoms with Crippen LogP contribution in [0.25, 0.3) is 0 Å². The summed E-state index contributed by atoms with van der Waals surface area (Å²) in [6.07, 6.45) is 5.96. The summed E-state index contributed by atoms with van der Waals surface area (Å²) in [5.41, 5.74) is 0. The monoisotopic (exact) mass is 223 g/mol. The highest BCUT2D eigenvalue weighted by molar-refractivity contribution is 7.90. The molecule has 1 aromatic rings. The van der Waals surface area contributed by atoms with E-state index in [0.717, 1.165) is 4.31 Å². The molecule has 77 valence electrons. The average Bonchev–Trinajstić information content (AvgIpc) is 2.31.